The van der Waals surface area contributed by atoms with Crippen LogP contribution in [0.3, 0.4) is 0 Å². The lowest BCUT2D eigenvalue weighted by molar-refractivity contribution is -0.152. The van der Waals surface area contributed by atoms with Crippen LogP contribution < -0.4 is 0 Å². The minimum Gasteiger partial charge on any atom is -0.451 e. The molecule has 0 N–H and O–H groups in total. The normalized spacial score (nSPS) is 34.8. The first-order valence-electron chi connectivity index (χ1n) is 8.81. The van der Waals surface area contributed by atoms with Crippen molar-refractivity contribution in [1.29, 1.82) is 0 Å². The van der Waals surface area contributed by atoms with E-state index in [4.69, 9.17) is 4.74 Å². The summed E-state index contributed by atoms with van der Waals surface area (Å²) < 4.78 is 6.21. The zero-order valence-electron chi connectivity index (χ0n) is 13.8. The van der Waals surface area contributed by atoms with Crippen LogP contribution in [0.5, 0.6) is 0 Å². The van der Waals surface area contributed by atoms with E-state index in [1.54, 1.807) is 19.2 Å². The van der Waals surface area contributed by atoms with Crippen molar-refractivity contribution < 1.29 is 14.3 Å². The van der Waals surface area contributed by atoms with Crippen molar-refractivity contribution in [3.8, 4) is 0 Å². The smallest absolute Gasteiger partial charge is 0.340 e. The lowest BCUT2D eigenvalue weighted by atomic mass is 9.48. The molecule has 24 heavy (non-hydrogen) atoms. The van der Waals surface area contributed by atoms with Gasteiger partial charge in [-0.2, -0.15) is 0 Å². The molecule has 1 atom stereocenters. The summed E-state index contributed by atoms with van der Waals surface area (Å²) >= 11 is 3.30. The number of aromatic nitrogens is 1. The van der Waals surface area contributed by atoms with Gasteiger partial charge in [-0.15, -0.1) is 0 Å². The van der Waals surface area contributed by atoms with Gasteiger partial charge in [0.1, 0.15) is 0 Å². The van der Waals surface area contributed by atoms with Crippen LogP contribution >= 0.6 is 15.9 Å². The van der Waals surface area contributed by atoms with Gasteiger partial charge in [-0.05, 0) is 85.2 Å². The maximum atomic E-state index is 13.1. The van der Waals surface area contributed by atoms with Crippen LogP contribution in [-0.4, -0.2) is 22.8 Å². The average molecular weight is 392 g/mol. The second-order valence-corrected chi connectivity index (χ2v) is 8.92. The van der Waals surface area contributed by atoms with E-state index < -0.39 is 12.1 Å². The largest absolute Gasteiger partial charge is 0.451 e. The summed E-state index contributed by atoms with van der Waals surface area (Å²) in [6, 6.07) is 1.66. The molecule has 4 bridgehead atoms. The van der Waals surface area contributed by atoms with Gasteiger partial charge in [0.25, 0.3) is 0 Å². The van der Waals surface area contributed by atoms with Crippen LogP contribution in [-0.2, 0) is 9.53 Å². The number of rotatable bonds is 4. The fourth-order valence-corrected chi connectivity index (χ4v) is 6.01. The Hall–Kier alpha value is -1.23. The highest BCUT2D eigenvalue weighted by Gasteiger charge is 2.55. The number of hydrogen-bond donors (Lipinski definition) is 0. The number of ketones is 1. The summed E-state index contributed by atoms with van der Waals surface area (Å²) in [5.41, 5.74) is 0.138. The summed E-state index contributed by atoms with van der Waals surface area (Å²) in [4.78, 5) is 29.4. The highest BCUT2D eigenvalue weighted by Crippen LogP contribution is 2.60. The molecule has 0 amide bonds. The summed E-state index contributed by atoms with van der Waals surface area (Å²) in [5.74, 6) is 1.78. The number of carbonyl (C=O) groups excluding carboxylic acids is 2. The van der Waals surface area contributed by atoms with Crippen molar-refractivity contribution in [3.05, 3.63) is 28.5 Å². The molecule has 4 fully saturated rings. The molecule has 0 radical (unpaired) electrons. The van der Waals surface area contributed by atoms with Gasteiger partial charge in [-0.1, -0.05) is 0 Å². The van der Waals surface area contributed by atoms with Gasteiger partial charge in [0.05, 0.1) is 5.56 Å². The molecule has 0 aliphatic heterocycles. The van der Waals surface area contributed by atoms with E-state index in [0.717, 1.165) is 23.7 Å². The fourth-order valence-electron chi connectivity index (χ4n) is 5.65. The molecular formula is C19H22BrNO3. The third-order valence-corrected chi connectivity index (χ3v) is 6.59. The molecule has 1 unspecified atom stereocenters. The SMILES string of the molecule is CC(OC(=O)c1cncc(Br)c1)C(=O)C12CC3CC(CC(C3)C1)C2. The molecule has 4 nitrogen and oxygen atoms in total. The van der Waals surface area contributed by atoms with Crippen molar-refractivity contribution in [2.75, 3.05) is 0 Å². The first-order valence-corrected chi connectivity index (χ1v) is 9.60. The Bertz CT molecular complexity index is 652. The second-order valence-electron chi connectivity index (χ2n) is 8.00. The summed E-state index contributed by atoms with van der Waals surface area (Å²) in [7, 11) is 0. The minimum absolute atomic E-state index is 0.137. The molecular weight excluding hydrogens is 370 g/mol. The van der Waals surface area contributed by atoms with Crippen LogP contribution in [0.25, 0.3) is 0 Å². The highest BCUT2D eigenvalue weighted by atomic mass is 79.9. The molecule has 5 heteroatoms. The molecule has 1 aromatic rings. The fraction of sp³-hybridized carbons (Fsp3) is 0.632. The molecule has 4 aliphatic carbocycles. The lowest BCUT2D eigenvalue weighted by Gasteiger charge is -2.56. The second kappa shape index (κ2) is 5.94. The van der Waals surface area contributed by atoms with Crippen LogP contribution in [0.15, 0.2) is 22.9 Å². The maximum absolute atomic E-state index is 13.1. The number of ether oxygens (including phenoxy) is 1. The van der Waals surface area contributed by atoms with E-state index in [1.807, 2.05) is 0 Å². The zero-order valence-corrected chi connectivity index (χ0v) is 15.4. The van der Waals surface area contributed by atoms with Gasteiger partial charge in [-0.3, -0.25) is 9.78 Å². The van der Waals surface area contributed by atoms with E-state index >= 15 is 0 Å². The van der Waals surface area contributed by atoms with Gasteiger partial charge < -0.3 is 4.74 Å². The Kier molecular flexibility index (Phi) is 4.02. The van der Waals surface area contributed by atoms with Crippen molar-refractivity contribution >= 4 is 27.7 Å². The Morgan fingerprint density at radius 1 is 1.17 bits per heavy atom. The quantitative estimate of drug-likeness (QED) is 0.722. The first kappa shape index (κ1) is 16.2. The van der Waals surface area contributed by atoms with Gasteiger partial charge in [0.2, 0.25) is 0 Å². The van der Waals surface area contributed by atoms with Crippen LogP contribution in [0.4, 0.5) is 0 Å². The van der Waals surface area contributed by atoms with Gasteiger partial charge >= 0.3 is 5.97 Å². The Morgan fingerprint density at radius 3 is 2.29 bits per heavy atom. The van der Waals surface area contributed by atoms with Crippen LogP contribution in [0, 0.1) is 23.2 Å². The summed E-state index contributed by atoms with van der Waals surface area (Å²) in [6.45, 7) is 1.73. The third kappa shape index (κ3) is 2.81. The van der Waals surface area contributed by atoms with Crippen molar-refractivity contribution in [1.82, 2.24) is 4.98 Å². The topological polar surface area (TPSA) is 56.3 Å². The van der Waals surface area contributed by atoms with Crippen molar-refractivity contribution in [2.24, 2.45) is 23.2 Å². The predicted octanol–water partition coefficient (Wildman–Crippen LogP) is 4.17. The van der Waals surface area contributed by atoms with Gasteiger partial charge in [-0.25, -0.2) is 4.79 Å². The molecule has 1 heterocycles. The molecule has 5 rings (SSSR count). The molecule has 1 aromatic heterocycles. The van der Waals surface area contributed by atoms with E-state index in [1.165, 1.54) is 25.5 Å². The number of nitrogens with zero attached hydrogens (tertiary/aromatic N) is 1. The van der Waals surface area contributed by atoms with E-state index in [-0.39, 0.29) is 11.2 Å². The van der Waals surface area contributed by atoms with Gasteiger partial charge in [0, 0.05) is 22.3 Å². The van der Waals surface area contributed by atoms with E-state index in [9.17, 15) is 9.59 Å². The van der Waals surface area contributed by atoms with E-state index in [0.29, 0.717) is 23.3 Å². The minimum atomic E-state index is -0.687. The van der Waals surface area contributed by atoms with Crippen LogP contribution in [0.2, 0.25) is 0 Å². The number of hydrogen-bond acceptors (Lipinski definition) is 4. The average Bonchev–Trinajstić information content (AvgIpc) is 2.52. The zero-order chi connectivity index (χ0) is 16.9. The first-order chi connectivity index (χ1) is 11.4. The van der Waals surface area contributed by atoms with Crippen LogP contribution in [0.1, 0.15) is 55.8 Å². The number of pyridine rings is 1. The Morgan fingerprint density at radius 2 is 1.75 bits per heavy atom. The Labute approximate surface area is 150 Å². The number of Topliss-reactive ketones (excluding diaryl/α,β-unsaturated/α-hetero) is 1. The van der Waals surface area contributed by atoms with Crippen molar-refractivity contribution in [3.63, 3.8) is 0 Å². The third-order valence-electron chi connectivity index (χ3n) is 6.15. The predicted molar refractivity (Wildman–Crippen MR) is 92.4 cm³/mol. The molecule has 0 spiro atoms. The lowest BCUT2D eigenvalue weighted by Crippen LogP contribution is -2.52. The number of esters is 1. The molecule has 4 saturated carbocycles. The maximum Gasteiger partial charge on any atom is 0.340 e. The monoisotopic (exact) mass is 391 g/mol. The summed E-state index contributed by atoms with van der Waals surface area (Å²) in [6.07, 6.45) is 9.27. The highest BCUT2D eigenvalue weighted by molar-refractivity contribution is 9.10. The van der Waals surface area contributed by atoms with Gasteiger partial charge in [0.15, 0.2) is 11.9 Å². The number of carbonyl (C=O) groups is 2. The molecule has 128 valence electrons. The molecule has 0 aromatic carbocycles. The Balaban J connectivity index is 1.47. The summed E-state index contributed by atoms with van der Waals surface area (Å²) in [5, 5.41) is 0. The molecule has 0 saturated heterocycles. The number of halogens is 1. The standard InChI is InChI=1S/C19H22BrNO3/c1-11(24-18(23)15-5-16(20)10-21-9-15)17(22)19-6-12-2-13(7-19)4-14(3-12)8-19/h5,9-14H,2-4,6-8H2,1H3. The van der Waals surface area contributed by atoms with E-state index in [2.05, 4.69) is 20.9 Å². The van der Waals surface area contributed by atoms with Crippen molar-refractivity contribution in [2.45, 2.75) is 51.6 Å². The molecule has 4 aliphatic rings.